The van der Waals surface area contributed by atoms with Crippen LogP contribution in [0.1, 0.15) is 22.0 Å². The van der Waals surface area contributed by atoms with Crippen LogP contribution in [-0.2, 0) is 4.74 Å². The molecule has 0 radical (unpaired) electrons. The van der Waals surface area contributed by atoms with Crippen molar-refractivity contribution in [2.45, 2.75) is 5.92 Å². The molecule has 0 saturated carbocycles. The van der Waals surface area contributed by atoms with Gasteiger partial charge in [-0.2, -0.15) is 0 Å². The van der Waals surface area contributed by atoms with Crippen LogP contribution in [0.25, 0.3) is 10.9 Å². The third-order valence-corrected chi connectivity index (χ3v) is 2.99. The molecule has 0 amide bonds. The molecular formula is C12H11NO3. The number of hydrogen-bond acceptors (Lipinski definition) is 2. The SMILES string of the molecule is O=C(O)c1cc2ccc(C3COC3)cc2[nH]1. The van der Waals surface area contributed by atoms with Crippen LogP contribution in [0, 0.1) is 0 Å². The first-order chi connectivity index (χ1) is 7.74. The Morgan fingerprint density at radius 3 is 2.81 bits per heavy atom. The second-order valence-electron chi connectivity index (χ2n) is 4.07. The summed E-state index contributed by atoms with van der Waals surface area (Å²) in [6.45, 7) is 1.52. The van der Waals surface area contributed by atoms with Gasteiger partial charge < -0.3 is 14.8 Å². The molecule has 0 atom stereocenters. The lowest BCUT2D eigenvalue weighted by atomic mass is 9.97. The number of nitrogens with one attached hydrogen (secondary N) is 1. The van der Waals surface area contributed by atoms with Gasteiger partial charge in [0.25, 0.3) is 0 Å². The number of aromatic nitrogens is 1. The number of benzene rings is 1. The van der Waals surface area contributed by atoms with Gasteiger partial charge in [0.05, 0.1) is 13.2 Å². The molecule has 3 rings (SSSR count). The summed E-state index contributed by atoms with van der Waals surface area (Å²) in [5.41, 5.74) is 2.32. The monoisotopic (exact) mass is 217 g/mol. The zero-order valence-corrected chi connectivity index (χ0v) is 8.56. The van der Waals surface area contributed by atoms with Crippen molar-refractivity contribution in [1.82, 2.24) is 4.98 Å². The van der Waals surface area contributed by atoms with Crippen LogP contribution in [0.5, 0.6) is 0 Å². The quantitative estimate of drug-likeness (QED) is 0.808. The van der Waals surface area contributed by atoms with E-state index in [9.17, 15) is 4.79 Å². The maximum absolute atomic E-state index is 10.8. The molecule has 1 saturated heterocycles. The Morgan fingerprint density at radius 2 is 2.19 bits per heavy atom. The van der Waals surface area contributed by atoms with Crippen molar-refractivity contribution in [2.24, 2.45) is 0 Å². The second kappa shape index (κ2) is 3.35. The number of aromatic amines is 1. The highest BCUT2D eigenvalue weighted by atomic mass is 16.5. The third-order valence-electron chi connectivity index (χ3n) is 2.99. The fourth-order valence-corrected chi connectivity index (χ4v) is 1.94. The number of carbonyl (C=O) groups is 1. The third kappa shape index (κ3) is 1.39. The number of H-pyrrole nitrogens is 1. The first-order valence-corrected chi connectivity index (χ1v) is 5.18. The average Bonchev–Trinajstić information content (AvgIpc) is 2.57. The van der Waals surface area contributed by atoms with Crippen molar-refractivity contribution >= 4 is 16.9 Å². The Hall–Kier alpha value is -1.81. The fourth-order valence-electron chi connectivity index (χ4n) is 1.94. The maximum atomic E-state index is 10.8. The van der Waals surface area contributed by atoms with E-state index in [1.807, 2.05) is 18.2 Å². The van der Waals surface area contributed by atoms with Crippen molar-refractivity contribution in [2.75, 3.05) is 13.2 Å². The number of hydrogen-bond donors (Lipinski definition) is 2. The lowest BCUT2D eigenvalue weighted by molar-refractivity contribution is 0.00847. The summed E-state index contributed by atoms with van der Waals surface area (Å²) in [5, 5.41) is 9.80. The number of ether oxygens (including phenoxy) is 1. The Morgan fingerprint density at radius 1 is 1.38 bits per heavy atom. The Bertz CT molecular complexity index is 554. The van der Waals surface area contributed by atoms with Crippen LogP contribution in [0.15, 0.2) is 24.3 Å². The Balaban J connectivity index is 2.06. The highest BCUT2D eigenvalue weighted by Crippen LogP contribution is 2.27. The summed E-state index contributed by atoms with van der Waals surface area (Å²) in [5.74, 6) is -0.467. The highest BCUT2D eigenvalue weighted by Gasteiger charge is 2.20. The standard InChI is InChI=1S/C12H11NO3/c14-12(15)11-4-8-2-1-7(3-10(8)13-11)9-5-16-6-9/h1-4,9,13H,5-6H2,(H,14,15). The molecule has 1 aliphatic heterocycles. The topological polar surface area (TPSA) is 62.3 Å². The molecule has 1 fully saturated rings. The zero-order chi connectivity index (χ0) is 11.1. The van der Waals surface area contributed by atoms with E-state index < -0.39 is 5.97 Å². The number of fused-ring (bicyclic) bond motifs is 1. The lowest BCUT2D eigenvalue weighted by Crippen LogP contribution is -2.24. The van der Waals surface area contributed by atoms with Crippen molar-refractivity contribution in [3.05, 3.63) is 35.5 Å². The maximum Gasteiger partial charge on any atom is 0.352 e. The molecule has 0 bridgehead atoms. The summed E-state index contributed by atoms with van der Waals surface area (Å²) < 4.78 is 5.14. The lowest BCUT2D eigenvalue weighted by Gasteiger charge is -2.26. The van der Waals surface area contributed by atoms with Crippen molar-refractivity contribution < 1.29 is 14.6 Å². The fraction of sp³-hybridized carbons (Fsp3) is 0.250. The first-order valence-electron chi connectivity index (χ1n) is 5.18. The van der Waals surface area contributed by atoms with E-state index >= 15 is 0 Å². The van der Waals surface area contributed by atoms with Gasteiger partial charge in [-0.3, -0.25) is 0 Å². The zero-order valence-electron chi connectivity index (χ0n) is 8.56. The minimum absolute atomic E-state index is 0.233. The van der Waals surface area contributed by atoms with Crippen LogP contribution >= 0.6 is 0 Å². The van der Waals surface area contributed by atoms with Gasteiger partial charge in [-0.05, 0) is 17.7 Å². The minimum atomic E-state index is -0.926. The normalized spacial score (nSPS) is 16.2. The van der Waals surface area contributed by atoms with Gasteiger partial charge in [0.1, 0.15) is 5.69 Å². The van der Waals surface area contributed by atoms with Crippen LogP contribution in [0.2, 0.25) is 0 Å². The number of aromatic carboxylic acids is 1. The summed E-state index contributed by atoms with van der Waals surface area (Å²) in [6.07, 6.45) is 0. The van der Waals surface area contributed by atoms with E-state index in [4.69, 9.17) is 9.84 Å². The van der Waals surface area contributed by atoms with Crippen LogP contribution in [-0.4, -0.2) is 29.3 Å². The van der Waals surface area contributed by atoms with Gasteiger partial charge in [-0.15, -0.1) is 0 Å². The minimum Gasteiger partial charge on any atom is -0.477 e. The van der Waals surface area contributed by atoms with E-state index in [1.165, 1.54) is 5.56 Å². The molecule has 16 heavy (non-hydrogen) atoms. The molecule has 2 heterocycles. The molecule has 0 aliphatic carbocycles. The van der Waals surface area contributed by atoms with E-state index in [1.54, 1.807) is 6.07 Å². The molecule has 4 heteroatoms. The smallest absolute Gasteiger partial charge is 0.352 e. The molecule has 2 N–H and O–H groups in total. The van der Waals surface area contributed by atoms with Crippen LogP contribution in [0.3, 0.4) is 0 Å². The van der Waals surface area contributed by atoms with E-state index in [0.717, 1.165) is 24.1 Å². The largest absolute Gasteiger partial charge is 0.477 e. The molecule has 1 aliphatic rings. The molecule has 2 aromatic rings. The van der Waals surface area contributed by atoms with E-state index in [2.05, 4.69) is 4.98 Å². The first kappa shape index (κ1) is 9.42. The summed E-state index contributed by atoms with van der Waals surface area (Å²) in [7, 11) is 0. The van der Waals surface area contributed by atoms with E-state index in [-0.39, 0.29) is 5.69 Å². The van der Waals surface area contributed by atoms with Crippen LogP contribution < -0.4 is 0 Å². The average molecular weight is 217 g/mol. The van der Waals surface area contributed by atoms with Crippen molar-refractivity contribution in [3.8, 4) is 0 Å². The van der Waals surface area contributed by atoms with Crippen molar-refractivity contribution in [3.63, 3.8) is 0 Å². The molecule has 0 unspecified atom stereocenters. The Labute approximate surface area is 91.8 Å². The second-order valence-corrected chi connectivity index (χ2v) is 4.07. The summed E-state index contributed by atoms with van der Waals surface area (Å²) in [4.78, 5) is 13.7. The predicted octanol–water partition coefficient (Wildman–Crippen LogP) is 1.98. The molecule has 1 aromatic carbocycles. The van der Waals surface area contributed by atoms with Gasteiger partial charge in [-0.25, -0.2) is 4.79 Å². The van der Waals surface area contributed by atoms with E-state index in [0.29, 0.717) is 5.92 Å². The summed E-state index contributed by atoms with van der Waals surface area (Å²) >= 11 is 0. The molecule has 4 nitrogen and oxygen atoms in total. The van der Waals surface area contributed by atoms with Crippen LogP contribution in [0.4, 0.5) is 0 Å². The summed E-state index contributed by atoms with van der Waals surface area (Å²) in [6, 6.07) is 7.65. The number of carboxylic acid groups (broad SMARTS) is 1. The van der Waals surface area contributed by atoms with Gasteiger partial charge in [-0.1, -0.05) is 12.1 Å². The molecule has 0 spiro atoms. The number of rotatable bonds is 2. The predicted molar refractivity (Wildman–Crippen MR) is 58.8 cm³/mol. The van der Waals surface area contributed by atoms with Gasteiger partial charge in [0.15, 0.2) is 0 Å². The number of carboxylic acids is 1. The Kier molecular flexibility index (Phi) is 1.97. The van der Waals surface area contributed by atoms with Crippen molar-refractivity contribution in [1.29, 1.82) is 0 Å². The van der Waals surface area contributed by atoms with Gasteiger partial charge in [0.2, 0.25) is 0 Å². The molecular weight excluding hydrogens is 206 g/mol. The van der Waals surface area contributed by atoms with Gasteiger partial charge in [0, 0.05) is 16.8 Å². The van der Waals surface area contributed by atoms with Gasteiger partial charge >= 0.3 is 5.97 Å². The molecule has 82 valence electrons. The highest BCUT2D eigenvalue weighted by molar-refractivity contribution is 5.93. The molecule has 1 aromatic heterocycles.